The van der Waals surface area contributed by atoms with Gasteiger partial charge in [0.25, 0.3) is 0 Å². The van der Waals surface area contributed by atoms with Gasteiger partial charge in [0.1, 0.15) is 0 Å². The van der Waals surface area contributed by atoms with Gasteiger partial charge in [-0.1, -0.05) is 42.7 Å². The smallest absolute Gasteiger partial charge is 0.224 e. The summed E-state index contributed by atoms with van der Waals surface area (Å²) in [6, 6.07) is 7.98. The van der Waals surface area contributed by atoms with Gasteiger partial charge < -0.3 is 10.4 Å². The molecule has 1 saturated carbocycles. The lowest BCUT2D eigenvalue weighted by atomic mass is 9.98. The van der Waals surface area contributed by atoms with Crippen LogP contribution in [-0.2, 0) is 11.2 Å². The average Bonchev–Trinajstić information content (AvgIpc) is 2.78. The van der Waals surface area contributed by atoms with Gasteiger partial charge in [-0.3, -0.25) is 4.79 Å². The highest BCUT2D eigenvalue weighted by molar-refractivity contribution is 5.79. The van der Waals surface area contributed by atoms with Gasteiger partial charge in [0.2, 0.25) is 5.91 Å². The van der Waals surface area contributed by atoms with Crippen molar-refractivity contribution in [3.8, 4) is 0 Å². The summed E-state index contributed by atoms with van der Waals surface area (Å²) >= 11 is 0. The number of aliphatic hydroxyl groups is 1. The highest BCUT2D eigenvalue weighted by atomic mass is 16.3. The zero-order valence-electron chi connectivity index (χ0n) is 10.9. The van der Waals surface area contributed by atoms with Gasteiger partial charge in [0.15, 0.2) is 0 Å². The van der Waals surface area contributed by atoms with Crippen molar-refractivity contribution in [2.24, 2.45) is 0 Å². The Kier molecular flexibility index (Phi) is 4.02. The summed E-state index contributed by atoms with van der Waals surface area (Å²) in [6.45, 7) is 2.07. The van der Waals surface area contributed by atoms with E-state index in [2.05, 4.69) is 5.32 Å². The van der Waals surface area contributed by atoms with E-state index >= 15 is 0 Å². The van der Waals surface area contributed by atoms with Crippen molar-refractivity contribution in [2.75, 3.05) is 6.61 Å². The van der Waals surface area contributed by atoms with Crippen molar-refractivity contribution < 1.29 is 9.90 Å². The molecule has 0 spiro atoms. The predicted octanol–water partition coefficient (Wildman–Crippen LogP) is 1.96. The highest BCUT2D eigenvalue weighted by Gasteiger charge is 2.34. The van der Waals surface area contributed by atoms with Crippen molar-refractivity contribution in [3.63, 3.8) is 0 Å². The molecule has 1 aromatic rings. The maximum Gasteiger partial charge on any atom is 0.224 e. The molecule has 0 atom stereocenters. The van der Waals surface area contributed by atoms with E-state index in [4.69, 9.17) is 0 Å². The van der Waals surface area contributed by atoms with Crippen LogP contribution in [0.1, 0.15) is 36.8 Å². The highest BCUT2D eigenvalue weighted by Crippen LogP contribution is 2.29. The molecule has 18 heavy (non-hydrogen) atoms. The fourth-order valence-electron chi connectivity index (χ4n) is 2.72. The van der Waals surface area contributed by atoms with E-state index in [0.29, 0.717) is 6.42 Å². The fourth-order valence-corrected chi connectivity index (χ4v) is 2.72. The van der Waals surface area contributed by atoms with Crippen LogP contribution in [0.3, 0.4) is 0 Å². The van der Waals surface area contributed by atoms with Crippen LogP contribution in [0.4, 0.5) is 0 Å². The number of amides is 1. The van der Waals surface area contributed by atoms with Crippen molar-refractivity contribution in [2.45, 2.75) is 44.6 Å². The van der Waals surface area contributed by atoms with E-state index in [-0.39, 0.29) is 18.1 Å². The lowest BCUT2D eigenvalue weighted by molar-refractivity contribution is -0.122. The first-order valence-corrected chi connectivity index (χ1v) is 6.61. The van der Waals surface area contributed by atoms with E-state index in [0.717, 1.165) is 36.8 Å². The van der Waals surface area contributed by atoms with Crippen LogP contribution in [0.15, 0.2) is 24.3 Å². The molecular formula is C15H21NO2. The second kappa shape index (κ2) is 5.53. The molecule has 2 rings (SSSR count). The van der Waals surface area contributed by atoms with Gasteiger partial charge in [-0.05, 0) is 25.3 Å². The molecule has 0 heterocycles. The first-order chi connectivity index (χ1) is 8.63. The predicted molar refractivity (Wildman–Crippen MR) is 71.3 cm³/mol. The Morgan fingerprint density at radius 3 is 2.72 bits per heavy atom. The molecule has 0 aromatic heterocycles. The van der Waals surface area contributed by atoms with Gasteiger partial charge in [0.05, 0.1) is 18.6 Å². The first kappa shape index (κ1) is 13.1. The van der Waals surface area contributed by atoms with E-state index in [1.165, 1.54) is 0 Å². The minimum atomic E-state index is -0.360. The van der Waals surface area contributed by atoms with Crippen molar-refractivity contribution in [3.05, 3.63) is 35.4 Å². The molecule has 1 aliphatic carbocycles. The summed E-state index contributed by atoms with van der Waals surface area (Å²) in [5, 5.41) is 12.5. The van der Waals surface area contributed by atoms with Crippen LogP contribution in [0, 0.1) is 6.92 Å². The second-order valence-corrected chi connectivity index (χ2v) is 5.36. The molecule has 1 aliphatic rings. The van der Waals surface area contributed by atoms with Crippen LogP contribution in [-0.4, -0.2) is 23.2 Å². The van der Waals surface area contributed by atoms with Crippen molar-refractivity contribution >= 4 is 5.91 Å². The Balaban J connectivity index is 1.96. The van der Waals surface area contributed by atoms with E-state index in [1.54, 1.807) is 0 Å². The van der Waals surface area contributed by atoms with Gasteiger partial charge in [-0.2, -0.15) is 0 Å². The summed E-state index contributed by atoms with van der Waals surface area (Å²) in [5.74, 6) is 0.0107. The Bertz CT molecular complexity index is 422. The Hall–Kier alpha value is -1.35. The van der Waals surface area contributed by atoms with Crippen molar-refractivity contribution in [1.29, 1.82) is 0 Å². The summed E-state index contributed by atoms with van der Waals surface area (Å²) in [5.41, 5.74) is 1.83. The van der Waals surface area contributed by atoms with Crippen LogP contribution >= 0.6 is 0 Å². The zero-order chi connectivity index (χ0) is 13.0. The minimum Gasteiger partial charge on any atom is -0.394 e. The normalized spacial score (nSPS) is 17.7. The molecule has 1 amide bonds. The Morgan fingerprint density at radius 1 is 1.39 bits per heavy atom. The minimum absolute atomic E-state index is 0.0107. The van der Waals surface area contributed by atoms with Crippen LogP contribution in [0.5, 0.6) is 0 Å². The number of carbonyl (C=O) groups excluding carboxylic acids is 1. The Labute approximate surface area is 108 Å². The molecule has 0 radical (unpaired) electrons. The summed E-state index contributed by atoms with van der Waals surface area (Å²) in [6.07, 6.45) is 4.35. The molecule has 1 fully saturated rings. The zero-order valence-corrected chi connectivity index (χ0v) is 10.9. The summed E-state index contributed by atoms with van der Waals surface area (Å²) in [4.78, 5) is 12.0. The third-order valence-corrected chi connectivity index (χ3v) is 3.72. The number of carbonyl (C=O) groups is 1. The molecule has 0 bridgehead atoms. The SMILES string of the molecule is Cc1cccc(CC(=O)NC2(CO)CCCC2)c1. The standard InChI is InChI=1S/C15H21NO2/c1-12-5-4-6-13(9-12)10-14(18)16-15(11-17)7-2-3-8-15/h4-6,9,17H,2-3,7-8,10-11H2,1H3,(H,16,18). The average molecular weight is 247 g/mol. The van der Waals surface area contributed by atoms with Crippen molar-refractivity contribution in [1.82, 2.24) is 5.32 Å². The molecule has 1 aromatic carbocycles. The van der Waals surface area contributed by atoms with Crippen LogP contribution in [0.2, 0.25) is 0 Å². The second-order valence-electron chi connectivity index (χ2n) is 5.36. The lowest BCUT2D eigenvalue weighted by Crippen LogP contribution is -2.49. The maximum absolute atomic E-state index is 12.0. The topological polar surface area (TPSA) is 49.3 Å². The lowest BCUT2D eigenvalue weighted by Gasteiger charge is -2.28. The van der Waals surface area contributed by atoms with E-state index < -0.39 is 0 Å². The fraction of sp³-hybridized carbons (Fsp3) is 0.533. The van der Waals surface area contributed by atoms with Crippen LogP contribution < -0.4 is 5.32 Å². The number of aliphatic hydroxyl groups excluding tert-OH is 1. The number of hydrogen-bond donors (Lipinski definition) is 2. The molecule has 0 saturated heterocycles. The molecule has 98 valence electrons. The largest absolute Gasteiger partial charge is 0.394 e. The quantitative estimate of drug-likeness (QED) is 0.854. The number of benzene rings is 1. The summed E-state index contributed by atoms with van der Waals surface area (Å²) in [7, 11) is 0. The number of aryl methyl sites for hydroxylation is 1. The Morgan fingerprint density at radius 2 is 2.11 bits per heavy atom. The number of hydrogen-bond acceptors (Lipinski definition) is 2. The molecule has 0 aliphatic heterocycles. The number of nitrogens with one attached hydrogen (secondary N) is 1. The van der Waals surface area contributed by atoms with Crippen LogP contribution in [0.25, 0.3) is 0 Å². The molecule has 0 unspecified atom stereocenters. The summed E-state index contributed by atoms with van der Waals surface area (Å²) < 4.78 is 0. The molecule has 2 N–H and O–H groups in total. The van der Waals surface area contributed by atoms with E-state index in [1.807, 2.05) is 31.2 Å². The van der Waals surface area contributed by atoms with E-state index in [9.17, 15) is 9.90 Å². The number of rotatable bonds is 4. The van der Waals surface area contributed by atoms with Gasteiger partial charge in [-0.25, -0.2) is 0 Å². The molecular weight excluding hydrogens is 226 g/mol. The molecule has 3 nitrogen and oxygen atoms in total. The third kappa shape index (κ3) is 3.10. The van der Waals surface area contributed by atoms with Gasteiger partial charge in [0, 0.05) is 0 Å². The van der Waals surface area contributed by atoms with Gasteiger partial charge >= 0.3 is 0 Å². The monoisotopic (exact) mass is 247 g/mol. The molecule has 3 heteroatoms. The third-order valence-electron chi connectivity index (χ3n) is 3.72. The first-order valence-electron chi connectivity index (χ1n) is 6.61. The van der Waals surface area contributed by atoms with Gasteiger partial charge in [-0.15, -0.1) is 0 Å². The maximum atomic E-state index is 12.0.